The van der Waals surface area contributed by atoms with Crippen LogP contribution in [0.4, 0.5) is 0 Å². The molecule has 2 nitrogen and oxygen atoms in total. The van der Waals surface area contributed by atoms with Crippen LogP contribution in [0.2, 0.25) is 0 Å². The van der Waals surface area contributed by atoms with E-state index in [9.17, 15) is 0 Å². The molecule has 0 spiro atoms. The molecular formula is C20H40O2. The zero-order valence-corrected chi connectivity index (χ0v) is 15.7. The number of hydrogen-bond donors (Lipinski definition) is 0. The van der Waals surface area contributed by atoms with Crippen LogP contribution in [-0.2, 0) is 9.47 Å². The molecule has 0 aromatic heterocycles. The first-order chi connectivity index (χ1) is 10.7. The summed E-state index contributed by atoms with van der Waals surface area (Å²) < 4.78 is 13.1. The Hall–Kier alpha value is -0.0800. The van der Waals surface area contributed by atoms with Crippen molar-refractivity contribution >= 4 is 0 Å². The van der Waals surface area contributed by atoms with E-state index >= 15 is 0 Å². The summed E-state index contributed by atoms with van der Waals surface area (Å²) in [5.41, 5.74) is 0.0158. The topological polar surface area (TPSA) is 18.5 Å². The molecule has 0 saturated carbocycles. The largest absolute Gasteiger partial charge is 0.370 e. The Morgan fingerprint density at radius 3 is 1.00 bits per heavy atom. The Bertz CT molecular complexity index is 219. The lowest BCUT2D eigenvalue weighted by atomic mass is 9.86. The predicted molar refractivity (Wildman–Crippen MR) is 95.5 cm³/mol. The Morgan fingerprint density at radius 2 is 0.818 bits per heavy atom. The fourth-order valence-corrected chi connectivity index (χ4v) is 3.48. The zero-order chi connectivity index (χ0) is 16.3. The summed E-state index contributed by atoms with van der Waals surface area (Å²) in [7, 11) is 0. The summed E-state index contributed by atoms with van der Waals surface area (Å²) in [6.07, 6.45) is 14.7. The van der Waals surface area contributed by atoms with Crippen molar-refractivity contribution in [2.75, 3.05) is 13.2 Å². The van der Waals surface area contributed by atoms with Crippen molar-refractivity contribution in [3.8, 4) is 0 Å². The second-order valence-electron chi connectivity index (χ2n) is 7.36. The molecule has 0 radical (unpaired) electrons. The van der Waals surface area contributed by atoms with Crippen LogP contribution < -0.4 is 0 Å². The molecular weight excluding hydrogens is 272 g/mol. The highest BCUT2D eigenvalue weighted by Gasteiger charge is 2.43. The molecule has 1 aliphatic heterocycles. The van der Waals surface area contributed by atoms with Crippen molar-refractivity contribution in [1.29, 1.82) is 0 Å². The first-order valence-corrected chi connectivity index (χ1v) is 9.94. The van der Waals surface area contributed by atoms with Gasteiger partial charge in [0, 0.05) is 0 Å². The van der Waals surface area contributed by atoms with Crippen molar-refractivity contribution in [2.45, 2.75) is 116 Å². The van der Waals surface area contributed by atoms with E-state index in [1.54, 1.807) is 0 Å². The second-order valence-corrected chi connectivity index (χ2v) is 7.36. The first-order valence-electron chi connectivity index (χ1n) is 9.94. The molecule has 22 heavy (non-hydrogen) atoms. The maximum absolute atomic E-state index is 6.55. The minimum atomic E-state index is 0.00789. The normalized spacial score (nSPS) is 20.2. The van der Waals surface area contributed by atoms with E-state index in [2.05, 4.69) is 27.7 Å². The van der Waals surface area contributed by atoms with Gasteiger partial charge >= 0.3 is 0 Å². The standard InChI is InChI=1S/C20H40O2/c1-5-9-13-19(14-10-6-2)17-22-20(18-21-19,15-11-7-3)16-12-8-4/h5-18H2,1-4H3. The molecule has 0 unspecified atom stereocenters. The van der Waals surface area contributed by atoms with Crippen molar-refractivity contribution in [2.24, 2.45) is 0 Å². The minimum Gasteiger partial charge on any atom is -0.370 e. The monoisotopic (exact) mass is 312 g/mol. The third kappa shape index (κ3) is 6.20. The van der Waals surface area contributed by atoms with Crippen LogP contribution in [0.5, 0.6) is 0 Å². The van der Waals surface area contributed by atoms with Gasteiger partial charge in [-0.05, 0) is 25.7 Å². The van der Waals surface area contributed by atoms with Gasteiger partial charge in [0.1, 0.15) is 0 Å². The molecule has 1 saturated heterocycles. The van der Waals surface area contributed by atoms with Gasteiger partial charge in [-0.1, -0.05) is 79.1 Å². The molecule has 132 valence electrons. The van der Waals surface area contributed by atoms with Crippen molar-refractivity contribution in [3.63, 3.8) is 0 Å². The molecule has 0 atom stereocenters. The van der Waals surface area contributed by atoms with Crippen LogP contribution in [0.25, 0.3) is 0 Å². The molecule has 1 fully saturated rings. The molecule has 1 rings (SSSR count). The molecule has 0 aliphatic carbocycles. The van der Waals surface area contributed by atoms with Gasteiger partial charge in [-0.25, -0.2) is 0 Å². The quantitative estimate of drug-likeness (QED) is 0.422. The van der Waals surface area contributed by atoms with Crippen LogP contribution in [0.1, 0.15) is 105 Å². The Balaban J connectivity index is 2.65. The van der Waals surface area contributed by atoms with Gasteiger partial charge < -0.3 is 9.47 Å². The highest BCUT2D eigenvalue weighted by molar-refractivity contribution is 4.91. The van der Waals surface area contributed by atoms with Crippen molar-refractivity contribution in [3.05, 3.63) is 0 Å². The molecule has 1 heterocycles. The van der Waals surface area contributed by atoms with Crippen LogP contribution in [0.15, 0.2) is 0 Å². The van der Waals surface area contributed by atoms with E-state index in [0.29, 0.717) is 0 Å². The van der Waals surface area contributed by atoms with Crippen LogP contribution in [0.3, 0.4) is 0 Å². The van der Waals surface area contributed by atoms with Gasteiger partial charge in [-0.15, -0.1) is 0 Å². The molecule has 0 bridgehead atoms. The van der Waals surface area contributed by atoms with E-state index in [1.807, 2.05) is 0 Å². The number of rotatable bonds is 12. The molecule has 0 amide bonds. The molecule has 0 aromatic rings. The molecule has 0 aromatic carbocycles. The maximum Gasteiger partial charge on any atom is 0.0916 e. The summed E-state index contributed by atoms with van der Waals surface area (Å²) in [5.74, 6) is 0. The van der Waals surface area contributed by atoms with Crippen LogP contribution >= 0.6 is 0 Å². The fourth-order valence-electron chi connectivity index (χ4n) is 3.48. The van der Waals surface area contributed by atoms with Gasteiger partial charge in [-0.3, -0.25) is 0 Å². The van der Waals surface area contributed by atoms with Gasteiger partial charge in [-0.2, -0.15) is 0 Å². The Kier molecular flexibility index (Phi) is 9.66. The average molecular weight is 313 g/mol. The summed E-state index contributed by atoms with van der Waals surface area (Å²) in [6.45, 7) is 10.7. The Morgan fingerprint density at radius 1 is 0.545 bits per heavy atom. The van der Waals surface area contributed by atoms with E-state index in [0.717, 1.165) is 13.2 Å². The Labute approximate surface area is 139 Å². The second kappa shape index (κ2) is 10.6. The molecule has 1 aliphatic rings. The lowest BCUT2D eigenvalue weighted by Gasteiger charge is -2.47. The third-order valence-corrected chi connectivity index (χ3v) is 5.23. The number of ether oxygens (including phenoxy) is 2. The minimum absolute atomic E-state index is 0.00789. The summed E-state index contributed by atoms with van der Waals surface area (Å²) in [6, 6.07) is 0. The van der Waals surface area contributed by atoms with E-state index < -0.39 is 0 Å². The van der Waals surface area contributed by atoms with Gasteiger partial charge in [0.25, 0.3) is 0 Å². The smallest absolute Gasteiger partial charge is 0.0916 e. The van der Waals surface area contributed by atoms with Crippen LogP contribution in [-0.4, -0.2) is 24.4 Å². The number of unbranched alkanes of at least 4 members (excludes halogenated alkanes) is 4. The van der Waals surface area contributed by atoms with Gasteiger partial charge in [0.05, 0.1) is 24.4 Å². The van der Waals surface area contributed by atoms with E-state index in [1.165, 1.54) is 77.0 Å². The molecule has 0 N–H and O–H groups in total. The van der Waals surface area contributed by atoms with E-state index in [-0.39, 0.29) is 11.2 Å². The van der Waals surface area contributed by atoms with E-state index in [4.69, 9.17) is 9.47 Å². The number of hydrogen-bond acceptors (Lipinski definition) is 2. The van der Waals surface area contributed by atoms with Gasteiger partial charge in [0.15, 0.2) is 0 Å². The van der Waals surface area contributed by atoms with Crippen molar-refractivity contribution < 1.29 is 9.47 Å². The lowest BCUT2D eigenvalue weighted by molar-refractivity contribution is -0.245. The zero-order valence-electron chi connectivity index (χ0n) is 15.7. The average Bonchev–Trinajstić information content (AvgIpc) is 2.56. The predicted octanol–water partition coefficient (Wildman–Crippen LogP) is 6.27. The van der Waals surface area contributed by atoms with Gasteiger partial charge in [0.2, 0.25) is 0 Å². The fraction of sp³-hybridized carbons (Fsp3) is 1.00. The highest BCUT2D eigenvalue weighted by Crippen LogP contribution is 2.38. The summed E-state index contributed by atoms with van der Waals surface area (Å²) in [5, 5.41) is 0. The van der Waals surface area contributed by atoms with Crippen molar-refractivity contribution in [1.82, 2.24) is 0 Å². The third-order valence-electron chi connectivity index (χ3n) is 5.23. The summed E-state index contributed by atoms with van der Waals surface area (Å²) in [4.78, 5) is 0. The highest BCUT2D eigenvalue weighted by atomic mass is 16.6. The van der Waals surface area contributed by atoms with Crippen LogP contribution in [0, 0.1) is 0 Å². The summed E-state index contributed by atoms with van der Waals surface area (Å²) >= 11 is 0. The first kappa shape index (κ1) is 20.0. The SMILES string of the molecule is CCCCC1(CCCC)COC(CCCC)(CCCC)CO1. The maximum atomic E-state index is 6.55. The lowest BCUT2D eigenvalue weighted by Crippen LogP contribution is -2.53. The molecule has 2 heteroatoms.